The maximum Gasteiger partial charge on any atom is 0.164 e. The molecule has 3 rings (SSSR count). The standard InChI is InChI=1S/C12H14N4O2/c1-8-4-14-12-10(11(8)17-2)13-5-9-6-15(18-3)7-16(9)12/h4-6H,7H2,1-3H3. The summed E-state index contributed by atoms with van der Waals surface area (Å²) in [4.78, 5) is 16.1. The summed E-state index contributed by atoms with van der Waals surface area (Å²) in [7, 11) is 3.28. The van der Waals surface area contributed by atoms with Gasteiger partial charge in [-0.05, 0) is 6.92 Å². The van der Waals surface area contributed by atoms with E-state index in [1.54, 1.807) is 31.7 Å². The molecule has 0 saturated heterocycles. The Morgan fingerprint density at radius 1 is 1.33 bits per heavy atom. The van der Waals surface area contributed by atoms with Crippen LogP contribution in [0.15, 0.2) is 23.1 Å². The molecular formula is C12H14N4O2. The molecule has 0 N–H and O–H groups in total. The van der Waals surface area contributed by atoms with Gasteiger partial charge < -0.3 is 9.64 Å². The van der Waals surface area contributed by atoms with E-state index < -0.39 is 0 Å². The Morgan fingerprint density at radius 3 is 2.89 bits per heavy atom. The molecule has 6 heteroatoms. The van der Waals surface area contributed by atoms with Crippen LogP contribution in [0.2, 0.25) is 0 Å². The number of ether oxygens (including phenoxy) is 1. The number of hydrogen-bond donors (Lipinski definition) is 0. The highest BCUT2D eigenvalue weighted by molar-refractivity contribution is 5.94. The first-order valence-electron chi connectivity index (χ1n) is 5.62. The third-order valence-electron chi connectivity index (χ3n) is 3.05. The number of allylic oxidation sites excluding steroid dienone is 1. The van der Waals surface area contributed by atoms with Crippen molar-refractivity contribution < 1.29 is 9.57 Å². The van der Waals surface area contributed by atoms with E-state index in [1.807, 2.05) is 18.0 Å². The van der Waals surface area contributed by atoms with Crippen molar-refractivity contribution in [3.63, 3.8) is 0 Å². The van der Waals surface area contributed by atoms with Gasteiger partial charge in [-0.2, -0.15) is 0 Å². The van der Waals surface area contributed by atoms with E-state index in [1.165, 1.54) is 0 Å². The lowest BCUT2D eigenvalue weighted by Crippen LogP contribution is -2.28. The average molecular weight is 246 g/mol. The first-order valence-corrected chi connectivity index (χ1v) is 5.62. The molecule has 0 saturated carbocycles. The third-order valence-corrected chi connectivity index (χ3v) is 3.05. The lowest BCUT2D eigenvalue weighted by Gasteiger charge is -2.25. The summed E-state index contributed by atoms with van der Waals surface area (Å²) in [6.45, 7) is 2.56. The molecule has 2 aliphatic rings. The van der Waals surface area contributed by atoms with Crippen LogP contribution < -0.4 is 9.64 Å². The van der Waals surface area contributed by atoms with Crippen LogP contribution in [0, 0.1) is 6.92 Å². The second-order valence-electron chi connectivity index (χ2n) is 4.13. The molecule has 3 heterocycles. The van der Waals surface area contributed by atoms with Crippen molar-refractivity contribution in [2.24, 2.45) is 4.99 Å². The highest BCUT2D eigenvalue weighted by Crippen LogP contribution is 2.42. The van der Waals surface area contributed by atoms with Gasteiger partial charge in [-0.1, -0.05) is 0 Å². The van der Waals surface area contributed by atoms with Crippen LogP contribution in [0.25, 0.3) is 0 Å². The highest BCUT2D eigenvalue weighted by Gasteiger charge is 2.29. The smallest absolute Gasteiger partial charge is 0.164 e. The van der Waals surface area contributed by atoms with Crippen LogP contribution in [0.5, 0.6) is 5.75 Å². The number of aliphatic imine (C=N–C) groups is 1. The number of nitrogens with zero attached hydrogens (tertiary/aromatic N) is 4. The minimum absolute atomic E-state index is 0.601. The molecule has 6 nitrogen and oxygen atoms in total. The number of hydrogen-bond acceptors (Lipinski definition) is 6. The SMILES string of the molecule is COc1c(C)cnc2c1N=CC1=CN(OC)CN12. The van der Waals surface area contributed by atoms with E-state index in [9.17, 15) is 0 Å². The number of aryl methyl sites for hydroxylation is 1. The normalized spacial score (nSPS) is 16.5. The van der Waals surface area contributed by atoms with Crippen molar-refractivity contribution in [1.82, 2.24) is 10.0 Å². The second-order valence-corrected chi connectivity index (χ2v) is 4.13. The van der Waals surface area contributed by atoms with Crippen molar-refractivity contribution in [2.45, 2.75) is 6.92 Å². The van der Waals surface area contributed by atoms with Crippen LogP contribution in [-0.2, 0) is 4.84 Å². The predicted octanol–water partition coefficient (Wildman–Crippen LogP) is 1.60. The van der Waals surface area contributed by atoms with Gasteiger partial charge in [-0.25, -0.2) is 15.0 Å². The van der Waals surface area contributed by atoms with Gasteiger partial charge in [0, 0.05) is 11.8 Å². The number of fused-ring (bicyclic) bond motifs is 3. The lowest BCUT2D eigenvalue weighted by atomic mass is 10.2. The summed E-state index contributed by atoms with van der Waals surface area (Å²) in [5.41, 5.74) is 2.71. The average Bonchev–Trinajstić information content (AvgIpc) is 2.81. The molecule has 0 bridgehead atoms. The maximum atomic E-state index is 5.40. The zero-order chi connectivity index (χ0) is 12.7. The summed E-state index contributed by atoms with van der Waals surface area (Å²) in [6, 6.07) is 0. The largest absolute Gasteiger partial charge is 0.494 e. The fourth-order valence-electron chi connectivity index (χ4n) is 2.15. The quantitative estimate of drug-likeness (QED) is 0.793. The van der Waals surface area contributed by atoms with Crippen LogP contribution >= 0.6 is 0 Å². The molecule has 0 aliphatic carbocycles. The first kappa shape index (κ1) is 11.0. The van der Waals surface area contributed by atoms with E-state index in [4.69, 9.17) is 9.57 Å². The Kier molecular flexibility index (Phi) is 2.45. The van der Waals surface area contributed by atoms with E-state index in [-0.39, 0.29) is 0 Å². The molecule has 0 aromatic carbocycles. The van der Waals surface area contributed by atoms with Gasteiger partial charge >= 0.3 is 0 Å². The molecule has 2 aliphatic heterocycles. The molecule has 0 fully saturated rings. The summed E-state index contributed by atoms with van der Waals surface area (Å²) < 4.78 is 5.40. The molecule has 18 heavy (non-hydrogen) atoms. The van der Waals surface area contributed by atoms with Crippen molar-refractivity contribution >= 4 is 17.7 Å². The molecule has 94 valence electrons. The van der Waals surface area contributed by atoms with Gasteiger partial charge in [0.15, 0.2) is 11.6 Å². The molecule has 1 aromatic rings. The predicted molar refractivity (Wildman–Crippen MR) is 68.0 cm³/mol. The summed E-state index contributed by atoms with van der Waals surface area (Å²) in [6.07, 6.45) is 5.48. The van der Waals surface area contributed by atoms with Gasteiger partial charge in [0.2, 0.25) is 0 Å². The molecule has 0 unspecified atom stereocenters. The lowest BCUT2D eigenvalue weighted by molar-refractivity contribution is -0.0790. The Bertz CT molecular complexity index is 553. The summed E-state index contributed by atoms with van der Waals surface area (Å²) in [5.74, 6) is 1.57. The molecular weight excluding hydrogens is 232 g/mol. The Labute approximate surface area is 105 Å². The number of rotatable bonds is 2. The Balaban J connectivity index is 2.10. The Hall–Kier alpha value is -2.08. The highest BCUT2D eigenvalue weighted by atomic mass is 16.7. The number of pyridine rings is 1. The zero-order valence-electron chi connectivity index (χ0n) is 10.5. The second kappa shape index (κ2) is 3.99. The van der Waals surface area contributed by atoms with Gasteiger partial charge in [0.05, 0.1) is 32.3 Å². The molecule has 0 radical (unpaired) electrons. The van der Waals surface area contributed by atoms with E-state index in [2.05, 4.69) is 9.98 Å². The zero-order valence-corrected chi connectivity index (χ0v) is 10.5. The van der Waals surface area contributed by atoms with E-state index in [0.717, 1.165) is 28.5 Å². The molecule has 1 aromatic heterocycles. The number of anilines is 1. The maximum absolute atomic E-state index is 5.40. The Morgan fingerprint density at radius 2 is 2.17 bits per heavy atom. The van der Waals surface area contributed by atoms with E-state index in [0.29, 0.717) is 6.67 Å². The summed E-state index contributed by atoms with van der Waals surface area (Å²) in [5, 5.41) is 1.73. The number of methoxy groups -OCH3 is 1. The third kappa shape index (κ3) is 1.46. The summed E-state index contributed by atoms with van der Waals surface area (Å²) >= 11 is 0. The molecule has 0 atom stereocenters. The van der Waals surface area contributed by atoms with Crippen LogP contribution in [0.3, 0.4) is 0 Å². The fraction of sp³-hybridized carbons (Fsp3) is 0.333. The van der Waals surface area contributed by atoms with Crippen LogP contribution in [0.1, 0.15) is 5.56 Å². The first-order chi connectivity index (χ1) is 8.74. The van der Waals surface area contributed by atoms with Crippen molar-refractivity contribution in [1.29, 1.82) is 0 Å². The van der Waals surface area contributed by atoms with Crippen molar-refractivity contribution in [2.75, 3.05) is 25.8 Å². The minimum Gasteiger partial charge on any atom is -0.494 e. The van der Waals surface area contributed by atoms with Crippen molar-refractivity contribution in [3.05, 3.63) is 23.7 Å². The van der Waals surface area contributed by atoms with Gasteiger partial charge in [-0.15, -0.1) is 0 Å². The number of hydroxylamine groups is 2. The van der Waals surface area contributed by atoms with Gasteiger partial charge in [0.1, 0.15) is 12.4 Å². The topological polar surface area (TPSA) is 50.2 Å². The molecule has 0 amide bonds. The monoisotopic (exact) mass is 246 g/mol. The minimum atomic E-state index is 0.601. The van der Waals surface area contributed by atoms with Crippen LogP contribution in [0.4, 0.5) is 11.5 Å². The number of aromatic nitrogens is 1. The van der Waals surface area contributed by atoms with Crippen LogP contribution in [-0.4, -0.2) is 37.2 Å². The van der Waals surface area contributed by atoms with Gasteiger partial charge in [0.25, 0.3) is 0 Å². The van der Waals surface area contributed by atoms with Gasteiger partial charge in [-0.3, -0.25) is 4.84 Å². The van der Waals surface area contributed by atoms with E-state index >= 15 is 0 Å². The molecule has 0 spiro atoms. The fourth-order valence-corrected chi connectivity index (χ4v) is 2.15. The van der Waals surface area contributed by atoms with Crippen molar-refractivity contribution in [3.8, 4) is 5.75 Å².